The number of H-pyrrole nitrogens is 1. The van der Waals surface area contributed by atoms with Crippen LogP contribution in [0.4, 0.5) is 4.39 Å². The first kappa shape index (κ1) is 15.4. The van der Waals surface area contributed by atoms with Crippen molar-refractivity contribution < 1.29 is 4.39 Å². The van der Waals surface area contributed by atoms with Gasteiger partial charge in [0.25, 0.3) is 5.56 Å². The van der Waals surface area contributed by atoms with E-state index in [1.54, 1.807) is 12.1 Å². The molecule has 0 aliphatic rings. The lowest BCUT2D eigenvalue weighted by Gasteiger charge is -2.24. The molecule has 0 aliphatic carbocycles. The highest BCUT2D eigenvalue weighted by Crippen LogP contribution is 2.28. The quantitative estimate of drug-likeness (QED) is 0.888. The Morgan fingerprint density at radius 3 is 2.57 bits per heavy atom. The lowest BCUT2D eigenvalue weighted by atomic mass is 9.83. The van der Waals surface area contributed by atoms with Gasteiger partial charge in [-0.05, 0) is 38.1 Å². The zero-order chi connectivity index (χ0) is 15.5. The summed E-state index contributed by atoms with van der Waals surface area (Å²) in [5.41, 5.74) is 0.913. The van der Waals surface area contributed by atoms with Crippen molar-refractivity contribution in [2.45, 2.75) is 32.7 Å². The number of nitrogens with one attached hydrogen (secondary N) is 2. The Labute approximate surface area is 123 Å². The van der Waals surface area contributed by atoms with Crippen molar-refractivity contribution >= 4 is 0 Å². The van der Waals surface area contributed by atoms with Gasteiger partial charge in [0.05, 0.1) is 5.69 Å². The highest BCUT2D eigenvalue weighted by Gasteiger charge is 2.26. The lowest BCUT2D eigenvalue weighted by molar-refractivity contribution is 0.571. The molecule has 1 heterocycles. The maximum atomic E-state index is 13.1. The van der Waals surface area contributed by atoms with Crippen molar-refractivity contribution in [1.29, 1.82) is 0 Å². The van der Waals surface area contributed by atoms with E-state index in [0.29, 0.717) is 18.1 Å². The maximum absolute atomic E-state index is 13.1. The highest BCUT2D eigenvalue weighted by molar-refractivity contribution is 5.31. The van der Waals surface area contributed by atoms with E-state index in [9.17, 15) is 9.18 Å². The Morgan fingerprint density at radius 1 is 1.29 bits per heavy atom. The fourth-order valence-corrected chi connectivity index (χ4v) is 2.15. The average molecular weight is 289 g/mol. The summed E-state index contributed by atoms with van der Waals surface area (Å²) < 4.78 is 13.1. The minimum atomic E-state index is -0.505. The summed E-state index contributed by atoms with van der Waals surface area (Å²) in [6, 6.07) is 7.75. The van der Waals surface area contributed by atoms with Crippen LogP contribution in [0.3, 0.4) is 0 Å². The van der Waals surface area contributed by atoms with Gasteiger partial charge in [-0.2, -0.15) is 0 Å². The van der Waals surface area contributed by atoms with Crippen molar-refractivity contribution in [1.82, 2.24) is 15.3 Å². The number of rotatable bonds is 5. The lowest BCUT2D eigenvalue weighted by Crippen LogP contribution is -2.28. The van der Waals surface area contributed by atoms with Crippen LogP contribution in [0, 0.1) is 5.82 Å². The second-order valence-electron chi connectivity index (χ2n) is 5.50. The van der Waals surface area contributed by atoms with Crippen molar-refractivity contribution in [3.63, 3.8) is 0 Å². The number of benzene rings is 1. The van der Waals surface area contributed by atoms with Gasteiger partial charge in [-0.1, -0.05) is 19.1 Å². The summed E-state index contributed by atoms with van der Waals surface area (Å²) in [6.07, 6.45) is 0. The summed E-state index contributed by atoms with van der Waals surface area (Å²) in [5.74, 6) is 0.298. The third-order valence-electron chi connectivity index (χ3n) is 3.51. The minimum Gasteiger partial charge on any atom is -0.311 e. The van der Waals surface area contributed by atoms with Crippen LogP contribution in [0.5, 0.6) is 0 Å². The number of halogens is 1. The molecule has 2 rings (SSSR count). The van der Waals surface area contributed by atoms with Crippen LogP contribution in [0.15, 0.2) is 35.1 Å². The Hall–Kier alpha value is -2.01. The first-order valence-corrected chi connectivity index (χ1v) is 7.01. The molecule has 1 aromatic heterocycles. The first-order valence-electron chi connectivity index (χ1n) is 7.01. The van der Waals surface area contributed by atoms with Crippen LogP contribution >= 0.6 is 0 Å². The fraction of sp³-hybridized carbons (Fsp3) is 0.375. The molecule has 0 amide bonds. The van der Waals surface area contributed by atoms with Crippen LogP contribution < -0.4 is 10.9 Å². The summed E-state index contributed by atoms with van der Waals surface area (Å²) in [5, 5.41) is 3.15. The van der Waals surface area contributed by atoms with E-state index in [4.69, 9.17) is 0 Å². The molecule has 0 fully saturated rings. The largest absolute Gasteiger partial charge is 0.311 e. The van der Waals surface area contributed by atoms with Gasteiger partial charge in [0.2, 0.25) is 0 Å². The molecule has 0 atom stereocenters. The van der Waals surface area contributed by atoms with Crippen LogP contribution in [-0.4, -0.2) is 16.5 Å². The smallest absolute Gasteiger partial charge is 0.251 e. The van der Waals surface area contributed by atoms with E-state index in [1.807, 2.05) is 20.8 Å². The second-order valence-corrected chi connectivity index (χ2v) is 5.50. The summed E-state index contributed by atoms with van der Waals surface area (Å²) in [4.78, 5) is 19.1. The second kappa shape index (κ2) is 6.18. The van der Waals surface area contributed by atoms with Crippen LogP contribution in [0.25, 0.3) is 0 Å². The molecular weight excluding hydrogens is 269 g/mol. The van der Waals surface area contributed by atoms with Gasteiger partial charge < -0.3 is 10.3 Å². The van der Waals surface area contributed by atoms with Crippen molar-refractivity contribution in [3.8, 4) is 0 Å². The molecule has 1 aromatic carbocycles. The summed E-state index contributed by atoms with van der Waals surface area (Å²) in [7, 11) is 0. The van der Waals surface area contributed by atoms with Gasteiger partial charge in [-0.25, -0.2) is 9.37 Å². The van der Waals surface area contributed by atoms with E-state index in [-0.39, 0.29) is 11.4 Å². The number of aromatic nitrogens is 2. The van der Waals surface area contributed by atoms with Gasteiger partial charge >= 0.3 is 0 Å². The van der Waals surface area contributed by atoms with Gasteiger partial charge in [-0.15, -0.1) is 0 Å². The molecule has 0 radical (unpaired) electrons. The molecule has 0 saturated heterocycles. The third-order valence-corrected chi connectivity index (χ3v) is 3.51. The van der Waals surface area contributed by atoms with Gasteiger partial charge in [0, 0.05) is 18.0 Å². The molecule has 2 aromatic rings. The van der Waals surface area contributed by atoms with Gasteiger partial charge in [0.1, 0.15) is 11.6 Å². The predicted molar refractivity (Wildman–Crippen MR) is 80.8 cm³/mol. The number of aromatic amines is 1. The molecule has 5 heteroatoms. The average Bonchev–Trinajstić information content (AvgIpc) is 2.45. The Morgan fingerprint density at radius 2 is 1.95 bits per heavy atom. The van der Waals surface area contributed by atoms with Gasteiger partial charge in [-0.3, -0.25) is 4.79 Å². The number of hydrogen-bond acceptors (Lipinski definition) is 3. The molecule has 112 valence electrons. The maximum Gasteiger partial charge on any atom is 0.251 e. The molecule has 2 N–H and O–H groups in total. The zero-order valence-corrected chi connectivity index (χ0v) is 12.5. The molecule has 0 saturated carbocycles. The Bertz CT molecular complexity index is 662. The molecule has 0 bridgehead atoms. The topological polar surface area (TPSA) is 57.8 Å². The minimum absolute atomic E-state index is 0.178. The van der Waals surface area contributed by atoms with E-state index >= 15 is 0 Å². The van der Waals surface area contributed by atoms with Gasteiger partial charge in [0.15, 0.2) is 0 Å². The third kappa shape index (κ3) is 3.55. The fourth-order valence-electron chi connectivity index (χ4n) is 2.15. The molecule has 21 heavy (non-hydrogen) atoms. The summed E-state index contributed by atoms with van der Waals surface area (Å²) >= 11 is 0. The molecular formula is C16H20FN3O. The van der Waals surface area contributed by atoms with Crippen molar-refractivity contribution in [2.24, 2.45) is 0 Å². The van der Waals surface area contributed by atoms with Crippen molar-refractivity contribution in [3.05, 3.63) is 63.6 Å². The predicted octanol–water partition coefficient (Wildman–Crippen LogP) is 2.34. The number of nitrogens with zero attached hydrogens (tertiary/aromatic N) is 1. The molecule has 0 aliphatic heterocycles. The molecule has 4 nitrogen and oxygen atoms in total. The normalized spacial score (nSPS) is 11.6. The Balaban J connectivity index is 2.41. The first-order chi connectivity index (χ1) is 9.93. The van der Waals surface area contributed by atoms with Crippen molar-refractivity contribution in [2.75, 3.05) is 6.54 Å². The molecule has 0 spiro atoms. The zero-order valence-electron chi connectivity index (χ0n) is 12.5. The summed E-state index contributed by atoms with van der Waals surface area (Å²) in [6.45, 7) is 7.26. The standard InChI is InChI=1S/C16H20FN3O/c1-4-18-10-13-9-14(21)20-15(19-13)16(2,3)11-5-7-12(17)8-6-11/h5-9,18H,4,10H2,1-3H3,(H,19,20,21). The van der Waals surface area contributed by atoms with E-state index in [0.717, 1.165) is 12.1 Å². The van der Waals surface area contributed by atoms with Crippen LogP contribution in [-0.2, 0) is 12.0 Å². The van der Waals surface area contributed by atoms with Crippen LogP contribution in [0.1, 0.15) is 37.9 Å². The molecule has 0 unspecified atom stereocenters. The Kier molecular flexibility index (Phi) is 4.53. The van der Waals surface area contributed by atoms with E-state index in [2.05, 4.69) is 15.3 Å². The SMILES string of the molecule is CCNCc1cc(=O)[nH]c(C(C)(C)c2ccc(F)cc2)n1. The van der Waals surface area contributed by atoms with E-state index in [1.165, 1.54) is 18.2 Å². The highest BCUT2D eigenvalue weighted by atomic mass is 19.1. The van der Waals surface area contributed by atoms with E-state index < -0.39 is 5.41 Å². The number of hydrogen-bond donors (Lipinski definition) is 2. The monoisotopic (exact) mass is 289 g/mol. The van der Waals surface area contributed by atoms with Crippen LogP contribution in [0.2, 0.25) is 0 Å².